The van der Waals surface area contributed by atoms with Crippen LogP contribution in [0.1, 0.15) is 39.2 Å². The van der Waals surface area contributed by atoms with E-state index in [9.17, 15) is 19.8 Å². The first kappa shape index (κ1) is 29.4. The highest BCUT2D eigenvalue weighted by Gasteiger charge is 2.62. The lowest BCUT2D eigenvalue weighted by Crippen LogP contribution is -2.63. The standard InChI is InChI=1S/C28H37ClN2O8/c1-15-8-7-9-22(37-6)28(35)14-20(38-26(34)30-28)16(2)25-27(3,39-25)21(32)13-23(33)31(4)18-11-17(10-15)12-19(36-5)24(18)29/h7-9,11-12,16,20-22,25,32,35H,10,13-14H2,1-6H3,(H,30,34)/t16-,20+,21+,22-,25-,27-,28+/m1/s1. The molecule has 2 fully saturated rings. The quantitative estimate of drug-likeness (QED) is 0.467. The monoisotopic (exact) mass is 564 g/mol. The molecule has 0 unspecified atom stereocenters. The van der Waals surface area contributed by atoms with E-state index in [1.165, 1.54) is 19.1 Å². The summed E-state index contributed by atoms with van der Waals surface area (Å²) in [6, 6.07) is 3.63. The maximum atomic E-state index is 13.3. The van der Waals surface area contributed by atoms with Crippen LogP contribution in [-0.4, -0.2) is 79.2 Å². The maximum absolute atomic E-state index is 13.3. The number of methoxy groups -OCH3 is 2. The van der Waals surface area contributed by atoms with E-state index in [-0.39, 0.29) is 23.8 Å². The molecule has 0 saturated carbocycles. The summed E-state index contributed by atoms with van der Waals surface area (Å²) in [5.41, 5.74) is -0.479. The Morgan fingerprint density at radius 1 is 1.26 bits per heavy atom. The van der Waals surface area contributed by atoms with Crippen LogP contribution in [0.25, 0.3) is 0 Å². The van der Waals surface area contributed by atoms with E-state index in [1.807, 2.05) is 32.1 Å². The van der Waals surface area contributed by atoms with Crippen LogP contribution < -0.4 is 15.0 Å². The normalized spacial score (nSPS) is 35.5. The Bertz CT molecular complexity index is 1190. The average Bonchev–Trinajstić information content (AvgIpc) is 3.58. The fourth-order valence-electron chi connectivity index (χ4n) is 5.46. The minimum absolute atomic E-state index is 0.0310. The molecule has 11 heteroatoms. The van der Waals surface area contributed by atoms with Crippen molar-refractivity contribution in [2.24, 2.45) is 5.92 Å². The Morgan fingerprint density at radius 3 is 2.64 bits per heavy atom. The van der Waals surface area contributed by atoms with E-state index in [4.69, 9.17) is 30.5 Å². The molecule has 7 atom stereocenters. The first-order chi connectivity index (χ1) is 18.3. The summed E-state index contributed by atoms with van der Waals surface area (Å²) in [5.74, 6) is -0.323. The zero-order chi connectivity index (χ0) is 28.7. The minimum atomic E-state index is -1.73. The van der Waals surface area contributed by atoms with E-state index >= 15 is 0 Å². The Kier molecular flexibility index (Phi) is 8.35. The fraction of sp³-hybridized carbons (Fsp3) is 0.571. The number of aliphatic hydroxyl groups is 2. The molecule has 0 aromatic heterocycles. The van der Waals surface area contributed by atoms with Gasteiger partial charge in [0.25, 0.3) is 0 Å². The first-order valence-electron chi connectivity index (χ1n) is 12.9. The molecule has 3 aliphatic rings. The van der Waals surface area contributed by atoms with Crippen molar-refractivity contribution in [3.05, 3.63) is 46.5 Å². The van der Waals surface area contributed by atoms with E-state index in [0.717, 1.165) is 11.1 Å². The number of benzene rings is 1. The van der Waals surface area contributed by atoms with Crippen molar-refractivity contribution in [2.75, 3.05) is 26.2 Å². The summed E-state index contributed by atoms with van der Waals surface area (Å²) in [6.45, 7) is 5.48. The van der Waals surface area contributed by atoms with Crippen LogP contribution in [-0.2, 0) is 25.4 Å². The van der Waals surface area contributed by atoms with Crippen LogP contribution in [0, 0.1) is 5.92 Å². The van der Waals surface area contributed by atoms with E-state index in [2.05, 4.69) is 5.32 Å². The largest absolute Gasteiger partial charge is 0.495 e. The smallest absolute Gasteiger partial charge is 0.409 e. The highest BCUT2D eigenvalue weighted by atomic mass is 35.5. The number of alkyl carbamates (subject to hydrolysis) is 1. The third-order valence-corrected chi connectivity index (χ3v) is 8.36. The molecule has 10 nitrogen and oxygen atoms in total. The van der Waals surface area contributed by atoms with Crippen LogP contribution in [0.4, 0.5) is 10.5 Å². The molecule has 3 aliphatic heterocycles. The van der Waals surface area contributed by atoms with Gasteiger partial charge in [-0.25, -0.2) is 4.79 Å². The fourth-order valence-corrected chi connectivity index (χ4v) is 5.78. The summed E-state index contributed by atoms with van der Waals surface area (Å²) in [7, 11) is 4.56. The number of anilines is 1. The summed E-state index contributed by atoms with van der Waals surface area (Å²) in [5, 5.41) is 25.3. The second kappa shape index (κ2) is 11.1. The Balaban J connectivity index is 1.74. The lowest BCUT2D eigenvalue weighted by atomic mass is 9.84. The summed E-state index contributed by atoms with van der Waals surface area (Å²) in [6.07, 6.45) is 1.63. The van der Waals surface area contributed by atoms with Crippen molar-refractivity contribution < 1.29 is 38.7 Å². The Morgan fingerprint density at radius 2 is 1.97 bits per heavy atom. The van der Waals surface area contributed by atoms with E-state index in [1.54, 1.807) is 26.1 Å². The van der Waals surface area contributed by atoms with Crippen LogP contribution in [0.2, 0.25) is 5.02 Å². The SMILES string of the molecule is COc1cc2cc(c1Cl)N(C)C(=O)C[C@H](O)[C@@]1(C)O[C@@H]1[C@H](C)[C@@H]1C[C@@](O)(NC(=O)O1)[C@H](OC)C=CC=C(C)C2. The van der Waals surface area contributed by atoms with Crippen LogP contribution in [0.15, 0.2) is 35.9 Å². The van der Waals surface area contributed by atoms with Gasteiger partial charge in [-0.3, -0.25) is 10.1 Å². The third kappa shape index (κ3) is 5.81. The number of epoxide rings is 1. The lowest BCUT2D eigenvalue weighted by Gasteiger charge is -2.42. The van der Waals surface area contributed by atoms with Gasteiger partial charge in [0.05, 0.1) is 31.4 Å². The zero-order valence-electron chi connectivity index (χ0n) is 23.1. The summed E-state index contributed by atoms with van der Waals surface area (Å²) in [4.78, 5) is 27.1. The molecule has 0 aliphatic carbocycles. The highest BCUT2D eigenvalue weighted by molar-refractivity contribution is 6.35. The molecule has 214 valence electrons. The van der Waals surface area contributed by atoms with Crippen molar-refractivity contribution >= 4 is 29.3 Å². The molecule has 4 rings (SSSR count). The third-order valence-electron chi connectivity index (χ3n) is 7.98. The van der Waals surface area contributed by atoms with Crippen molar-refractivity contribution in [3.63, 3.8) is 0 Å². The number of carbonyl (C=O) groups is 2. The number of nitrogens with zero attached hydrogens (tertiary/aromatic N) is 1. The van der Waals surface area contributed by atoms with Gasteiger partial charge >= 0.3 is 6.09 Å². The molecule has 3 heterocycles. The second-order valence-electron chi connectivity index (χ2n) is 10.8. The highest BCUT2D eigenvalue weighted by Crippen LogP contribution is 2.48. The molecule has 1 aromatic rings. The van der Waals surface area contributed by atoms with Gasteiger partial charge in [-0.05, 0) is 38.0 Å². The lowest BCUT2D eigenvalue weighted by molar-refractivity contribution is -0.142. The number of halogens is 1. The first-order valence-corrected chi connectivity index (χ1v) is 13.3. The Labute approximate surface area is 233 Å². The summed E-state index contributed by atoms with van der Waals surface area (Å²) < 4.78 is 22.4. The molecule has 3 N–H and O–H groups in total. The minimum Gasteiger partial charge on any atom is -0.495 e. The number of carbonyl (C=O) groups excluding carboxylic acids is 2. The molecular formula is C28H37ClN2O8. The number of fused-ring (bicyclic) bond motifs is 5. The molecule has 0 radical (unpaired) electrons. The van der Waals surface area contributed by atoms with Crippen molar-refractivity contribution in [1.82, 2.24) is 5.32 Å². The molecule has 0 spiro atoms. The van der Waals surface area contributed by atoms with Crippen LogP contribution in [0.3, 0.4) is 0 Å². The number of nitrogens with one attached hydrogen (secondary N) is 1. The van der Waals surface area contributed by atoms with Crippen LogP contribution >= 0.6 is 11.6 Å². The summed E-state index contributed by atoms with van der Waals surface area (Å²) >= 11 is 6.58. The van der Waals surface area contributed by atoms with Gasteiger partial charge in [-0.1, -0.05) is 42.3 Å². The number of aliphatic hydroxyl groups excluding tert-OH is 1. The van der Waals surface area contributed by atoms with Gasteiger partial charge in [0.1, 0.15) is 28.6 Å². The van der Waals surface area contributed by atoms with Gasteiger partial charge in [0.15, 0.2) is 5.72 Å². The topological polar surface area (TPSA) is 130 Å². The molecule has 2 amide bonds. The molecule has 2 saturated heterocycles. The Hall–Kier alpha value is -2.63. The number of hydrogen-bond acceptors (Lipinski definition) is 8. The maximum Gasteiger partial charge on any atom is 0.409 e. The van der Waals surface area contributed by atoms with Gasteiger partial charge in [-0.15, -0.1) is 0 Å². The van der Waals surface area contributed by atoms with Crippen molar-refractivity contribution in [3.8, 4) is 5.75 Å². The number of ether oxygens (including phenoxy) is 4. The predicted octanol–water partition coefficient (Wildman–Crippen LogP) is 3.12. The molecule has 4 bridgehead atoms. The molecular weight excluding hydrogens is 528 g/mol. The van der Waals surface area contributed by atoms with E-state index < -0.39 is 47.8 Å². The predicted molar refractivity (Wildman–Crippen MR) is 145 cm³/mol. The molecule has 1 aromatic carbocycles. The second-order valence-corrected chi connectivity index (χ2v) is 11.2. The van der Waals surface area contributed by atoms with Crippen molar-refractivity contribution in [2.45, 2.75) is 75.8 Å². The number of rotatable bonds is 2. The van der Waals surface area contributed by atoms with Gasteiger partial charge < -0.3 is 34.1 Å². The molecule has 39 heavy (non-hydrogen) atoms. The van der Waals surface area contributed by atoms with Gasteiger partial charge in [-0.2, -0.15) is 0 Å². The van der Waals surface area contributed by atoms with Crippen LogP contribution in [0.5, 0.6) is 5.75 Å². The van der Waals surface area contributed by atoms with Gasteiger partial charge in [0, 0.05) is 26.5 Å². The number of hydrogen-bond donors (Lipinski definition) is 3. The average molecular weight is 565 g/mol. The van der Waals surface area contributed by atoms with Crippen molar-refractivity contribution in [1.29, 1.82) is 0 Å². The zero-order valence-corrected chi connectivity index (χ0v) is 23.8. The number of allylic oxidation sites excluding steroid dienone is 3. The van der Waals surface area contributed by atoms with Gasteiger partial charge in [0.2, 0.25) is 5.91 Å². The van der Waals surface area contributed by atoms with E-state index in [0.29, 0.717) is 17.9 Å². The number of amides is 2.